The van der Waals surface area contributed by atoms with E-state index in [1.165, 1.54) is 10.6 Å². The summed E-state index contributed by atoms with van der Waals surface area (Å²) in [5.41, 5.74) is 0.255. The van der Waals surface area contributed by atoms with E-state index in [9.17, 15) is 9.90 Å². The summed E-state index contributed by atoms with van der Waals surface area (Å²) >= 11 is 6.65. The highest BCUT2D eigenvalue weighted by Gasteiger charge is 2.44. The third-order valence-electron chi connectivity index (χ3n) is 8.95. The highest BCUT2D eigenvalue weighted by Crippen LogP contribution is 2.45. The standard InChI is InChI=1S/C31H29ClFN7O3/c1-14(2)40-30(15(3)11-34-40)39-27-24-28(37-31(39)42)38-12-17-7-8-21(35-17)22(38)13-43-29(24)36-26(25(27)33)19-10-18(41)9-16-5-4-6-20(32)23(16)19/h4-6,9-11,14,17,21-22,35,41H,7-8,12-13H2,1-3H3. The van der Waals surface area contributed by atoms with Crippen LogP contribution in [-0.2, 0) is 0 Å². The fourth-order valence-electron chi connectivity index (χ4n) is 7.07. The summed E-state index contributed by atoms with van der Waals surface area (Å²) in [6.07, 6.45) is 3.64. The quantitative estimate of drug-likeness (QED) is 0.301. The first kappa shape index (κ1) is 26.4. The van der Waals surface area contributed by atoms with Gasteiger partial charge in [-0.1, -0.05) is 23.7 Å². The Bertz CT molecular complexity index is 2040. The molecule has 0 amide bonds. The Kier molecular flexibility index (Phi) is 5.77. The molecule has 0 spiro atoms. The normalized spacial score (nSPS) is 21.0. The molecule has 3 aliphatic rings. The van der Waals surface area contributed by atoms with Gasteiger partial charge in [0, 0.05) is 46.2 Å². The first-order chi connectivity index (χ1) is 20.7. The minimum absolute atomic E-state index is 0.00410. The van der Waals surface area contributed by atoms with Crippen molar-refractivity contribution in [3.05, 3.63) is 63.4 Å². The van der Waals surface area contributed by atoms with Crippen LogP contribution in [0.15, 0.2) is 41.3 Å². The molecule has 0 saturated carbocycles. The number of anilines is 1. The third kappa shape index (κ3) is 3.80. The zero-order valence-corrected chi connectivity index (χ0v) is 24.6. The number of fused-ring (bicyclic) bond motifs is 6. The number of aryl methyl sites for hydroxylation is 1. The third-order valence-corrected chi connectivity index (χ3v) is 9.27. The van der Waals surface area contributed by atoms with Crippen molar-refractivity contribution >= 4 is 39.1 Å². The number of ether oxygens (including phenoxy) is 1. The smallest absolute Gasteiger partial charge is 0.355 e. The van der Waals surface area contributed by atoms with Crippen LogP contribution in [0.5, 0.6) is 11.6 Å². The molecular weight excluding hydrogens is 573 g/mol. The van der Waals surface area contributed by atoms with Crippen molar-refractivity contribution in [2.75, 3.05) is 18.1 Å². The first-order valence-electron chi connectivity index (χ1n) is 14.5. The van der Waals surface area contributed by atoms with Crippen LogP contribution in [0, 0.1) is 12.7 Å². The average Bonchev–Trinajstić information content (AvgIpc) is 3.50. The predicted octanol–water partition coefficient (Wildman–Crippen LogP) is 4.89. The van der Waals surface area contributed by atoms with E-state index in [0.29, 0.717) is 44.9 Å². The highest BCUT2D eigenvalue weighted by atomic mass is 35.5. The fraction of sp³-hybridized carbons (Fsp3) is 0.355. The molecule has 10 nitrogen and oxygen atoms in total. The van der Waals surface area contributed by atoms with Gasteiger partial charge >= 0.3 is 5.69 Å². The summed E-state index contributed by atoms with van der Waals surface area (Å²) in [5, 5.41) is 20.7. The number of aromatic nitrogens is 5. The molecule has 3 aliphatic heterocycles. The highest BCUT2D eigenvalue weighted by molar-refractivity contribution is 6.36. The molecule has 6 heterocycles. The lowest BCUT2D eigenvalue weighted by Crippen LogP contribution is -2.60. The van der Waals surface area contributed by atoms with Crippen LogP contribution in [-0.4, -0.2) is 60.7 Å². The number of halogens is 2. The summed E-state index contributed by atoms with van der Waals surface area (Å²) < 4.78 is 26.8. The van der Waals surface area contributed by atoms with Crippen LogP contribution in [0.25, 0.3) is 38.8 Å². The average molecular weight is 602 g/mol. The lowest BCUT2D eigenvalue weighted by molar-refractivity contribution is 0.238. The van der Waals surface area contributed by atoms with Crippen molar-refractivity contribution in [1.82, 2.24) is 29.6 Å². The summed E-state index contributed by atoms with van der Waals surface area (Å²) in [4.78, 5) is 25.6. The van der Waals surface area contributed by atoms with Crippen LogP contribution in [0.4, 0.5) is 10.2 Å². The fourth-order valence-corrected chi connectivity index (χ4v) is 7.36. The summed E-state index contributed by atoms with van der Waals surface area (Å²) in [6.45, 7) is 6.62. The Morgan fingerprint density at radius 3 is 2.84 bits per heavy atom. The SMILES string of the molecule is Cc1cnn(C(C)C)c1-n1c(=O)nc2c3c(nc(-c4cc(O)cc5cccc(Cl)c45)c(F)c31)OCC1C3CCC(CN21)N3. The minimum Gasteiger partial charge on any atom is -0.508 e. The van der Waals surface area contributed by atoms with Gasteiger partial charge < -0.3 is 20.1 Å². The maximum absolute atomic E-state index is 17.4. The predicted molar refractivity (Wildman–Crippen MR) is 162 cm³/mol. The zero-order chi connectivity index (χ0) is 29.7. The van der Waals surface area contributed by atoms with Gasteiger partial charge in [0.1, 0.15) is 40.6 Å². The number of pyridine rings is 1. The van der Waals surface area contributed by atoms with Crippen molar-refractivity contribution in [3.8, 4) is 28.7 Å². The van der Waals surface area contributed by atoms with E-state index in [4.69, 9.17) is 21.3 Å². The van der Waals surface area contributed by atoms with Gasteiger partial charge in [-0.25, -0.2) is 23.4 Å². The monoisotopic (exact) mass is 601 g/mol. The van der Waals surface area contributed by atoms with E-state index < -0.39 is 11.5 Å². The van der Waals surface area contributed by atoms with Gasteiger partial charge in [-0.2, -0.15) is 10.1 Å². The zero-order valence-electron chi connectivity index (χ0n) is 23.8. The van der Waals surface area contributed by atoms with Gasteiger partial charge in [0.2, 0.25) is 5.88 Å². The molecule has 2 fully saturated rings. The molecule has 8 rings (SSSR count). The van der Waals surface area contributed by atoms with Gasteiger partial charge in [-0.3, -0.25) is 0 Å². The van der Waals surface area contributed by atoms with Gasteiger partial charge in [-0.15, -0.1) is 0 Å². The number of nitrogens with zero attached hydrogens (tertiary/aromatic N) is 6. The molecule has 0 aliphatic carbocycles. The molecule has 2 aromatic carbocycles. The van der Waals surface area contributed by atoms with Gasteiger partial charge in [0.25, 0.3) is 0 Å². The summed E-state index contributed by atoms with van der Waals surface area (Å²) in [7, 11) is 0. The molecule has 0 radical (unpaired) electrons. The number of phenols is 1. The molecule has 3 atom stereocenters. The second-order valence-electron chi connectivity index (χ2n) is 12.0. The number of hydrogen-bond acceptors (Lipinski definition) is 8. The number of hydrogen-bond donors (Lipinski definition) is 2. The lowest BCUT2D eigenvalue weighted by atomic mass is 9.99. The van der Waals surface area contributed by atoms with Crippen molar-refractivity contribution in [2.45, 2.75) is 57.8 Å². The van der Waals surface area contributed by atoms with E-state index >= 15 is 4.39 Å². The molecule has 2 N–H and O–H groups in total. The molecule has 2 bridgehead atoms. The van der Waals surface area contributed by atoms with Crippen molar-refractivity contribution in [3.63, 3.8) is 0 Å². The van der Waals surface area contributed by atoms with Crippen molar-refractivity contribution in [2.24, 2.45) is 0 Å². The molecule has 5 aromatic rings. The van der Waals surface area contributed by atoms with Crippen molar-refractivity contribution in [1.29, 1.82) is 0 Å². The summed E-state index contributed by atoms with van der Waals surface area (Å²) in [6, 6.07) is 8.42. The number of benzene rings is 2. The second-order valence-corrected chi connectivity index (χ2v) is 12.4. The van der Waals surface area contributed by atoms with Crippen LogP contribution in [0.1, 0.15) is 38.3 Å². The van der Waals surface area contributed by atoms with Crippen LogP contribution >= 0.6 is 11.6 Å². The van der Waals surface area contributed by atoms with E-state index in [-0.39, 0.29) is 59.2 Å². The maximum atomic E-state index is 17.4. The molecule has 12 heteroatoms. The van der Waals surface area contributed by atoms with Crippen LogP contribution in [0.3, 0.4) is 0 Å². The largest absolute Gasteiger partial charge is 0.508 e. The van der Waals surface area contributed by atoms with E-state index in [2.05, 4.69) is 20.3 Å². The topological polar surface area (TPSA) is 110 Å². The Morgan fingerprint density at radius 1 is 1.19 bits per heavy atom. The van der Waals surface area contributed by atoms with Gasteiger partial charge in [0.05, 0.1) is 12.2 Å². The number of aromatic hydroxyl groups is 1. The lowest BCUT2D eigenvalue weighted by Gasteiger charge is -2.40. The van der Waals surface area contributed by atoms with Gasteiger partial charge in [0.15, 0.2) is 5.82 Å². The van der Waals surface area contributed by atoms with Gasteiger partial charge in [-0.05, 0) is 57.2 Å². The Hall–Kier alpha value is -4.22. The minimum atomic E-state index is -0.748. The van der Waals surface area contributed by atoms with E-state index in [1.54, 1.807) is 35.1 Å². The number of piperazine rings is 1. The Balaban J connectivity index is 1.52. The molecule has 3 unspecified atom stereocenters. The first-order valence-corrected chi connectivity index (χ1v) is 14.9. The number of phenolic OH excluding ortho intramolecular Hbond substituents is 1. The molecular formula is C31H29ClFN7O3. The van der Waals surface area contributed by atoms with E-state index in [0.717, 1.165) is 12.8 Å². The van der Waals surface area contributed by atoms with Crippen LogP contribution in [0.2, 0.25) is 5.02 Å². The molecule has 43 heavy (non-hydrogen) atoms. The molecule has 220 valence electrons. The molecule has 3 aromatic heterocycles. The van der Waals surface area contributed by atoms with Crippen LogP contribution < -0.4 is 20.6 Å². The Labute approximate surface area is 250 Å². The number of nitrogens with one attached hydrogen (secondary N) is 1. The molecule has 2 saturated heterocycles. The summed E-state index contributed by atoms with van der Waals surface area (Å²) in [5.74, 6) is 0.143. The van der Waals surface area contributed by atoms with Crippen molar-refractivity contribution < 1.29 is 14.2 Å². The van der Waals surface area contributed by atoms with E-state index in [1.807, 2.05) is 20.8 Å². The maximum Gasteiger partial charge on any atom is 0.355 e. The second kappa shape index (κ2) is 9.39. The Morgan fingerprint density at radius 2 is 2.02 bits per heavy atom. The number of rotatable bonds is 3.